The zero-order valence-electron chi connectivity index (χ0n) is 14.9. The van der Waals surface area contributed by atoms with Gasteiger partial charge < -0.3 is 10.5 Å². The smallest absolute Gasteiger partial charge is 0.304 e. The molecule has 1 aliphatic heterocycles. The number of hydrogen-bond acceptors (Lipinski definition) is 5. The van der Waals surface area contributed by atoms with Gasteiger partial charge in [-0.3, -0.25) is 4.99 Å². The first kappa shape index (κ1) is 19.6. The van der Waals surface area contributed by atoms with E-state index in [1.807, 2.05) is 0 Å². The summed E-state index contributed by atoms with van der Waals surface area (Å²) in [5.74, 6) is -4.34. The maximum Gasteiger partial charge on any atom is 0.304 e. The average Bonchev–Trinajstić information content (AvgIpc) is 2.66. The van der Waals surface area contributed by atoms with Crippen LogP contribution in [0.1, 0.15) is 26.3 Å². The zero-order chi connectivity index (χ0) is 20.0. The van der Waals surface area contributed by atoms with Gasteiger partial charge in [0.25, 0.3) is 0 Å². The predicted molar refractivity (Wildman–Crippen MR) is 96.4 cm³/mol. The molecular formula is C18H18ClF3N4O. The summed E-state index contributed by atoms with van der Waals surface area (Å²) >= 11 is 5.77. The van der Waals surface area contributed by atoms with E-state index in [0.717, 1.165) is 13.0 Å². The van der Waals surface area contributed by atoms with Gasteiger partial charge in [-0.15, -0.1) is 0 Å². The Morgan fingerprint density at radius 2 is 1.78 bits per heavy atom. The number of benzene rings is 1. The second-order valence-corrected chi connectivity index (χ2v) is 7.40. The van der Waals surface area contributed by atoms with Gasteiger partial charge in [0, 0.05) is 23.5 Å². The molecule has 2 heterocycles. The molecule has 0 spiro atoms. The lowest BCUT2D eigenvalue weighted by Gasteiger charge is -2.42. The Bertz CT molecular complexity index is 902. The number of rotatable bonds is 2. The van der Waals surface area contributed by atoms with Crippen LogP contribution < -0.4 is 5.73 Å². The molecule has 0 radical (unpaired) electrons. The summed E-state index contributed by atoms with van der Waals surface area (Å²) in [6, 6.07) is 3.73. The van der Waals surface area contributed by atoms with E-state index in [-0.39, 0.29) is 23.8 Å². The minimum atomic E-state index is -3.57. The van der Waals surface area contributed by atoms with E-state index in [0.29, 0.717) is 10.6 Å². The molecule has 144 valence electrons. The zero-order valence-corrected chi connectivity index (χ0v) is 15.7. The van der Waals surface area contributed by atoms with Crippen LogP contribution in [-0.2, 0) is 10.3 Å². The van der Waals surface area contributed by atoms with Crippen molar-refractivity contribution in [2.75, 3.05) is 6.61 Å². The standard InChI is InChI=1S/C18H18ClF3N4O/c1-16(2)18(21,22)17(3,26-14(23)9-27-16)12-6-10(4-5-13(12)20)15-24-7-11(19)8-25-15/h4-8H,9H2,1-3H3,(H2,23,26)/t17-/m1/s1. The highest BCUT2D eigenvalue weighted by atomic mass is 35.5. The second-order valence-electron chi connectivity index (χ2n) is 6.97. The second kappa shape index (κ2) is 6.45. The van der Waals surface area contributed by atoms with Crippen LogP contribution >= 0.6 is 11.6 Å². The number of halogens is 4. The normalized spacial score (nSPS) is 24.2. The largest absolute Gasteiger partial charge is 0.385 e. The van der Waals surface area contributed by atoms with Crippen molar-refractivity contribution in [3.63, 3.8) is 0 Å². The Labute approximate surface area is 159 Å². The summed E-state index contributed by atoms with van der Waals surface area (Å²) in [7, 11) is 0. The van der Waals surface area contributed by atoms with E-state index in [9.17, 15) is 4.39 Å². The van der Waals surface area contributed by atoms with Crippen LogP contribution in [0.2, 0.25) is 5.02 Å². The molecule has 1 aliphatic rings. The fourth-order valence-electron chi connectivity index (χ4n) is 3.05. The molecule has 2 aromatic rings. The summed E-state index contributed by atoms with van der Waals surface area (Å²) in [6.45, 7) is 3.31. The first-order chi connectivity index (χ1) is 12.5. The first-order valence-corrected chi connectivity index (χ1v) is 8.50. The van der Waals surface area contributed by atoms with Crippen LogP contribution in [0, 0.1) is 5.82 Å². The summed E-state index contributed by atoms with van der Waals surface area (Å²) in [5, 5.41) is 0.319. The third-order valence-corrected chi connectivity index (χ3v) is 4.88. The van der Waals surface area contributed by atoms with Crippen molar-refractivity contribution in [3.05, 3.63) is 47.0 Å². The molecule has 0 saturated heterocycles. The van der Waals surface area contributed by atoms with Gasteiger partial charge in [-0.05, 0) is 39.0 Å². The van der Waals surface area contributed by atoms with Crippen molar-refractivity contribution in [1.29, 1.82) is 0 Å². The Morgan fingerprint density at radius 3 is 2.41 bits per heavy atom. The lowest BCUT2D eigenvalue weighted by Crippen LogP contribution is -2.56. The molecule has 0 saturated carbocycles. The number of nitrogens with zero attached hydrogens (tertiary/aromatic N) is 3. The fourth-order valence-corrected chi connectivity index (χ4v) is 3.15. The third kappa shape index (κ3) is 3.17. The minimum Gasteiger partial charge on any atom is -0.385 e. The van der Waals surface area contributed by atoms with Gasteiger partial charge in [-0.2, -0.15) is 0 Å². The Balaban J connectivity index is 2.22. The maximum absolute atomic E-state index is 15.4. The van der Waals surface area contributed by atoms with Crippen LogP contribution in [0.15, 0.2) is 35.6 Å². The van der Waals surface area contributed by atoms with Crippen LogP contribution in [0.5, 0.6) is 0 Å². The van der Waals surface area contributed by atoms with Crippen molar-refractivity contribution in [3.8, 4) is 11.4 Å². The molecule has 2 N–H and O–H groups in total. The predicted octanol–water partition coefficient (Wildman–Crippen LogP) is 3.95. The van der Waals surface area contributed by atoms with Gasteiger partial charge in [0.1, 0.15) is 23.9 Å². The molecule has 3 rings (SSSR count). The number of aliphatic imine (C=N–C) groups is 1. The highest BCUT2D eigenvalue weighted by Gasteiger charge is 2.63. The van der Waals surface area contributed by atoms with Gasteiger partial charge in [-0.25, -0.2) is 23.1 Å². The molecule has 0 aliphatic carbocycles. The van der Waals surface area contributed by atoms with Crippen LogP contribution in [0.3, 0.4) is 0 Å². The number of ether oxygens (including phenoxy) is 1. The van der Waals surface area contributed by atoms with E-state index in [1.165, 1.54) is 38.4 Å². The van der Waals surface area contributed by atoms with Crippen molar-refractivity contribution in [2.45, 2.75) is 37.8 Å². The highest BCUT2D eigenvalue weighted by molar-refractivity contribution is 6.30. The Morgan fingerprint density at radius 1 is 1.15 bits per heavy atom. The SMILES string of the molecule is CC1(C)OCC(N)=N[C@](C)(c2cc(-c3ncc(Cl)cn3)ccc2F)C1(F)F. The maximum atomic E-state index is 15.4. The van der Waals surface area contributed by atoms with E-state index in [1.54, 1.807) is 0 Å². The molecule has 0 amide bonds. The Kier molecular flexibility index (Phi) is 4.68. The Hall–Kier alpha value is -2.19. The van der Waals surface area contributed by atoms with E-state index in [4.69, 9.17) is 22.1 Å². The highest BCUT2D eigenvalue weighted by Crippen LogP contribution is 2.50. The van der Waals surface area contributed by atoms with Crippen molar-refractivity contribution >= 4 is 17.4 Å². The molecule has 1 aromatic carbocycles. The monoisotopic (exact) mass is 398 g/mol. The third-order valence-electron chi connectivity index (χ3n) is 4.68. The fraction of sp³-hybridized carbons (Fsp3) is 0.389. The van der Waals surface area contributed by atoms with Crippen LogP contribution in [-0.4, -0.2) is 33.9 Å². The van der Waals surface area contributed by atoms with E-state index < -0.39 is 22.9 Å². The molecule has 27 heavy (non-hydrogen) atoms. The molecule has 1 atom stereocenters. The summed E-state index contributed by atoms with van der Waals surface area (Å²) in [5.41, 5.74) is 1.54. The number of aromatic nitrogens is 2. The minimum absolute atomic E-state index is 0.143. The summed E-state index contributed by atoms with van der Waals surface area (Å²) in [6.07, 6.45) is 2.73. The lowest BCUT2D eigenvalue weighted by atomic mass is 9.77. The van der Waals surface area contributed by atoms with Crippen LogP contribution in [0.4, 0.5) is 13.2 Å². The molecule has 1 aromatic heterocycles. The number of hydrogen-bond donors (Lipinski definition) is 1. The quantitative estimate of drug-likeness (QED) is 0.831. The van der Waals surface area contributed by atoms with Crippen molar-refractivity contribution < 1.29 is 17.9 Å². The lowest BCUT2D eigenvalue weighted by molar-refractivity contribution is -0.214. The van der Waals surface area contributed by atoms with Gasteiger partial charge in [-0.1, -0.05) is 11.6 Å². The summed E-state index contributed by atoms with van der Waals surface area (Å²) in [4.78, 5) is 12.0. The average molecular weight is 399 g/mol. The van der Waals surface area contributed by atoms with Gasteiger partial charge >= 0.3 is 5.92 Å². The number of amidine groups is 1. The topological polar surface area (TPSA) is 73.4 Å². The number of alkyl halides is 2. The van der Waals surface area contributed by atoms with Crippen molar-refractivity contribution in [1.82, 2.24) is 9.97 Å². The molecule has 0 unspecified atom stereocenters. The van der Waals surface area contributed by atoms with Gasteiger partial charge in [0.05, 0.1) is 5.02 Å². The van der Waals surface area contributed by atoms with Crippen molar-refractivity contribution in [2.24, 2.45) is 10.7 Å². The number of nitrogens with two attached hydrogens (primary N) is 1. The van der Waals surface area contributed by atoms with E-state index >= 15 is 8.78 Å². The molecule has 0 fully saturated rings. The molecular weight excluding hydrogens is 381 g/mol. The molecule has 5 nitrogen and oxygen atoms in total. The van der Waals surface area contributed by atoms with Gasteiger partial charge in [0.2, 0.25) is 0 Å². The van der Waals surface area contributed by atoms with Gasteiger partial charge in [0.15, 0.2) is 11.4 Å². The summed E-state index contributed by atoms with van der Waals surface area (Å²) < 4.78 is 50.8. The first-order valence-electron chi connectivity index (χ1n) is 8.12. The molecule has 9 heteroatoms. The molecule has 0 bridgehead atoms. The van der Waals surface area contributed by atoms with E-state index in [2.05, 4.69) is 15.0 Å². The van der Waals surface area contributed by atoms with Crippen LogP contribution in [0.25, 0.3) is 11.4 Å².